The van der Waals surface area contributed by atoms with Crippen molar-refractivity contribution in [2.45, 2.75) is 52.5 Å². The lowest BCUT2D eigenvalue weighted by Crippen LogP contribution is -2.55. The van der Waals surface area contributed by atoms with E-state index in [2.05, 4.69) is 26.1 Å². The summed E-state index contributed by atoms with van der Waals surface area (Å²) in [6.07, 6.45) is 2.57. The highest BCUT2D eigenvalue weighted by Gasteiger charge is 2.32. The molecule has 0 aliphatic rings. The third-order valence-corrected chi connectivity index (χ3v) is 2.60. The van der Waals surface area contributed by atoms with Gasteiger partial charge < -0.3 is 11.1 Å². The van der Waals surface area contributed by atoms with Gasteiger partial charge in [-0.05, 0) is 25.3 Å². The maximum absolute atomic E-state index is 11.4. The van der Waals surface area contributed by atoms with E-state index in [4.69, 9.17) is 5.73 Å². The topological polar surface area (TPSA) is 55.1 Å². The zero-order valence-corrected chi connectivity index (χ0v) is 9.89. The second-order valence-corrected chi connectivity index (χ2v) is 4.32. The molecule has 3 heteroatoms. The number of hydrogen-bond donors (Lipinski definition) is 2. The standard InChI is InChI=1S/C11H24N2O/c1-5-7-11(6-2,10(12)14)13-8-9(3)4/h9,13H,5-8H2,1-4H3,(H2,12,14). The van der Waals surface area contributed by atoms with E-state index in [1.165, 1.54) is 0 Å². The van der Waals surface area contributed by atoms with Crippen LogP contribution in [-0.2, 0) is 4.79 Å². The summed E-state index contributed by atoms with van der Waals surface area (Å²) in [4.78, 5) is 11.4. The Morgan fingerprint density at radius 1 is 1.43 bits per heavy atom. The highest BCUT2D eigenvalue weighted by atomic mass is 16.1. The van der Waals surface area contributed by atoms with E-state index in [0.29, 0.717) is 5.92 Å². The molecule has 0 aromatic rings. The summed E-state index contributed by atoms with van der Waals surface area (Å²) in [5.74, 6) is 0.319. The van der Waals surface area contributed by atoms with Gasteiger partial charge in [0.2, 0.25) is 5.91 Å². The van der Waals surface area contributed by atoms with Crippen molar-refractivity contribution in [3.05, 3.63) is 0 Å². The van der Waals surface area contributed by atoms with Crippen LogP contribution in [0.4, 0.5) is 0 Å². The van der Waals surface area contributed by atoms with Crippen LogP contribution in [0, 0.1) is 5.92 Å². The molecule has 1 unspecified atom stereocenters. The molecule has 0 aromatic heterocycles. The smallest absolute Gasteiger partial charge is 0.237 e. The van der Waals surface area contributed by atoms with Crippen molar-refractivity contribution in [1.29, 1.82) is 0 Å². The molecule has 0 saturated carbocycles. The highest BCUT2D eigenvalue weighted by Crippen LogP contribution is 2.17. The molecule has 3 N–H and O–H groups in total. The van der Waals surface area contributed by atoms with Gasteiger partial charge in [-0.3, -0.25) is 4.79 Å². The molecule has 0 aromatic carbocycles. The Kier molecular flexibility index (Phi) is 5.77. The number of nitrogens with one attached hydrogen (secondary N) is 1. The largest absolute Gasteiger partial charge is 0.368 e. The van der Waals surface area contributed by atoms with Crippen molar-refractivity contribution in [1.82, 2.24) is 5.32 Å². The lowest BCUT2D eigenvalue weighted by Gasteiger charge is -2.31. The molecule has 0 radical (unpaired) electrons. The SMILES string of the molecule is CCCC(CC)(NCC(C)C)C(N)=O. The molecule has 0 spiro atoms. The average Bonchev–Trinajstić information content (AvgIpc) is 2.11. The number of nitrogens with two attached hydrogens (primary N) is 1. The van der Waals surface area contributed by atoms with Crippen molar-refractivity contribution in [2.24, 2.45) is 11.7 Å². The summed E-state index contributed by atoms with van der Waals surface area (Å²) < 4.78 is 0. The molecule has 1 atom stereocenters. The molecule has 0 heterocycles. The van der Waals surface area contributed by atoms with Gasteiger partial charge in [0.25, 0.3) is 0 Å². The van der Waals surface area contributed by atoms with Crippen LogP contribution in [0.25, 0.3) is 0 Å². The molecule has 0 aliphatic heterocycles. The van der Waals surface area contributed by atoms with Crippen LogP contribution < -0.4 is 11.1 Å². The quantitative estimate of drug-likeness (QED) is 0.657. The zero-order valence-electron chi connectivity index (χ0n) is 9.89. The highest BCUT2D eigenvalue weighted by molar-refractivity contribution is 5.84. The van der Waals surface area contributed by atoms with Crippen molar-refractivity contribution >= 4 is 5.91 Å². The summed E-state index contributed by atoms with van der Waals surface area (Å²) in [7, 11) is 0. The molecule has 0 saturated heterocycles. The number of rotatable bonds is 7. The molecule has 84 valence electrons. The maximum atomic E-state index is 11.4. The third kappa shape index (κ3) is 3.66. The molecule has 0 rings (SSSR count). The summed E-state index contributed by atoms with van der Waals surface area (Å²) in [6.45, 7) is 9.18. The van der Waals surface area contributed by atoms with Crippen molar-refractivity contribution < 1.29 is 4.79 Å². The van der Waals surface area contributed by atoms with E-state index in [1.807, 2.05) is 6.92 Å². The van der Waals surface area contributed by atoms with Gasteiger partial charge in [0, 0.05) is 0 Å². The number of amides is 1. The second-order valence-electron chi connectivity index (χ2n) is 4.32. The summed E-state index contributed by atoms with van der Waals surface area (Å²) in [5, 5.41) is 3.31. The van der Waals surface area contributed by atoms with E-state index >= 15 is 0 Å². The van der Waals surface area contributed by atoms with Gasteiger partial charge >= 0.3 is 0 Å². The zero-order chi connectivity index (χ0) is 11.2. The maximum Gasteiger partial charge on any atom is 0.237 e. The summed E-state index contributed by atoms with van der Waals surface area (Å²) in [5.41, 5.74) is 4.97. The molecule has 0 bridgehead atoms. The molecule has 1 amide bonds. The number of carbonyl (C=O) groups is 1. The first kappa shape index (κ1) is 13.4. The molecular formula is C11H24N2O. The van der Waals surface area contributed by atoms with Gasteiger partial charge in [-0.1, -0.05) is 34.1 Å². The van der Waals surface area contributed by atoms with Crippen LogP contribution in [-0.4, -0.2) is 18.0 Å². The van der Waals surface area contributed by atoms with E-state index in [1.54, 1.807) is 0 Å². The summed E-state index contributed by atoms with van der Waals surface area (Å²) in [6, 6.07) is 0. The fourth-order valence-electron chi connectivity index (χ4n) is 1.60. The fourth-order valence-corrected chi connectivity index (χ4v) is 1.60. The van der Waals surface area contributed by atoms with Crippen LogP contribution >= 0.6 is 0 Å². The Morgan fingerprint density at radius 3 is 2.29 bits per heavy atom. The minimum Gasteiger partial charge on any atom is -0.368 e. The van der Waals surface area contributed by atoms with Crippen molar-refractivity contribution in [3.8, 4) is 0 Å². The van der Waals surface area contributed by atoms with E-state index in [9.17, 15) is 4.79 Å². The van der Waals surface area contributed by atoms with Gasteiger partial charge in [0.1, 0.15) is 0 Å². The van der Waals surface area contributed by atoms with Gasteiger partial charge in [-0.15, -0.1) is 0 Å². The Hall–Kier alpha value is -0.570. The minimum absolute atomic E-state index is 0.220. The van der Waals surface area contributed by atoms with Gasteiger partial charge in [0.05, 0.1) is 5.54 Å². The number of hydrogen-bond acceptors (Lipinski definition) is 2. The normalized spacial score (nSPS) is 15.5. The first-order valence-corrected chi connectivity index (χ1v) is 5.53. The first-order chi connectivity index (χ1) is 6.48. The van der Waals surface area contributed by atoms with Crippen LogP contribution in [0.3, 0.4) is 0 Å². The van der Waals surface area contributed by atoms with Gasteiger partial charge in [-0.2, -0.15) is 0 Å². The monoisotopic (exact) mass is 200 g/mol. The van der Waals surface area contributed by atoms with E-state index in [-0.39, 0.29) is 5.91 Å². The minimum atomic E-state index is -0.487. The lowest BCUT2D eigenvalue weighted by atomic mass is 9.89. The average molecular weight is 200 g/mol. The Morgan fingerprint density at radius 2 is 2.00 bits per heavy atom. The molecule has 0 fully saturated rings. The van der Waals surface area contributed by atoms with Crippen LogP contribution in [0.15, 0.2) is 0 Å². The van der Waals surface area contributed by atoms with Gasteiger partial charge in [0.15, 0.2) is 0 Å². The molecule has 14 heavy (non-hydrogen) atoms. The van der Waals surface area contributed by atoms with Crippen LogP contribution in [0.5, 0.6) is 0 Å². The summed E-state index contributed by atoms with van der Waals surface area (Å²) >= 11 is 0. The van der Waals surface area contributed by atoms with E-state index < -0.39 is 5.54 Å². The lowest BCUT2D eigenvalue weighted by molar-refractivity contribution is -0.125. The first-order valence-electron chi connectivity index (χ1n) is 5.53. The van der Waals surface area contributed by atoms with Crippen molar-refractivity contribution in [3.63, 3.8) is 0 Å². The molecular weight excluding hydrogens is 176 g/mol. The number of primary amides is 1. The predicted molar refractivity (Wildman–Crippen MR) is 60.0 cm³/mol. The fraction of sp³-hybridized carbons (Fsp3) is 0.909. The van der Waals surface area contributed by atoms with E-state index in [0.717, 1.165) is 25.8 Å². The predicted octanol–water partition coefficient (Wildman–Crippen LogP) is 1.67. The molecule has 0 aliphatic carbocycles. The second kappa shape index (κ2) is 6.02. The third-order valence-electron chi connectivity index (χ3n) is 2.60. The van der Waals surface area contributed by atoms with Crippen molar-refractivity contribution in [2.75, 3.05) is 6.54 Å². The Labute approximate surface area is 87.4 Å². The van der Waals surface area contributed by atoms with Gasteiger partial charge in [-0.25, -0.2) is 0 Å². The van der Waals surface area contributed by atoms with Crippen LogP contribution in [0.1, 0.15) is 47.0 Å². The number of carbonyl (C=O) groups excluding carboxylic acids is 1. The Bertz CT molecular complexity index is 180. The Balaban J connectivity index is 4.41. The molecule has 3 nitrogen and oxygen atoms in total. The van der Waals surface area contributed by atoms with Crippen LogP contribution in [0.2, 0.25) is 0 Å².